The van der Waals surface area contributed by atoms with E-state index in [1.54, 1.807) is 7.05 Å². The van der Waals surface area contributed by atoms with Crippen LogP contribution in [-0.2, 0) is 9.84 Å². The summed E-state index contributed by atoms with van der Waals surface area (Å²) in [5.41, 5.74) is -0.242. The van der Waals surface area contributed by atoms with Crippen LogP contribution < -0.4 is 4.90 Å². The molecule has 0 aliphatic heterocycles. The average Bonchev–Trinajstić information content (AvgIpc) is 3.20. The summed E-state index contributed by atoms with van der Waals surface area (Å²) in [5.74, 6) is 0.240. The van der Waals surface area contributed by atoms with Crippen LogP contribution in [0.1, 0.15) is 12.8 Å². The smallest absolute Gasteiger partial charge is 0.311 e. The summed E-state index contributed by atoms with van der Waals surface area (Å²) < 4.78 is 23.4. The second-order valence-electron chi connectivity index (χ2n) is 5.44. The summed E-state index contributed by atoms with van der Waals surface area (Å²) in [4.78, 5) is 11.8. The Morgan fingerprint density at radius 3 is 2.57 bits per heavy atom. The Hall–Kier alpha value is -1.67. The average molecular weight is 314 g/mol. The molecule has 0 radical (unpaired) electrons. The molecule has 1 fully saturated rings. The van der Waals surface area contributed by atoms with Crippen molar-refractivity contribution in [1.82, 2.24) is 0 Å². The molecular weight excluding hydrogens is 296 g/mol. The molecule has 1 N–H and O–H groups in total. The second-order valence-corrected chi connectivity index (χ2v) is 7.42. The van der Waals surface area contributed by atoms with Crippen LogP contribution in [0.2, 0.25) is 0 Å². The Kier molecular flexibility index (Phi) is 4.20. The zero-order chi connectivity index (χ0) is 15.8. The van der Waals surface area contributed by atoms with Gasteiger partial charge in [-0.2, -0.15) is 0 Å². The van der Waals surface area contributed by atoms with Gasteiger partial charge >= 0.3 is 5.69 Å². The van der Waals surface area contributed by atoms with Crippen LogP contribution in [-0.4, -0.2) is 44.4 Å². The number of aliphatic hydroxyl groups excluding tert-OH is 1. The number of nitrogens with zero attached hydrogens (tertiary/aromatic N) is 2. The third-order valence-corrected chi connectivity index (χ3v) is 4.73. The molecule has 1 aliphatic carbocycles. The minimum Gasteiger partial charge on any atom is -0.391 e. The predicted molar refractivity (Wildman–Crippen MR) is 78.2 cm³/mol. The number of sulfone groups is 1. The first kappa shape index (κ1) is 15.7. The molecule has 0 saturated heterocycles. The highest BCUT2D eigenvalue weighted by Crippen LogP contribution is 2.36. The Labute approximate surface area is 123 Å². The van der Waals surface area contributed by atoms with Crippen LogP contribution in [0.4, 0.5) is 11.4 Å². The molecule has 1 aromatic carbocycles. The molecule has 1 aromatic rings. The molecule has 2 rings (SSSR count). The highest BCUT2D eigenvalue weighted by atomic mass is 32.2. The minimum atomic E-state index is -3.70. The molecule has 1 aliphatic rings. The van der Waals surface area contributed by atoms with E-state index in [0.29, 0.717) is 0 Å². The maximum atomic E-state index is 11.7. The molecule has 1 atom stereocenters. The lowest BCUT2D eigenvalue weighted by Gasteiger charge is -2.23. The third kappa shape index (κ3) is 3.51. The second kappa shape index (κ2) is 5.61. The van der Waals surface area contributed by atoms with E-state index in [4.69, 9.17) is 0 Å². The van der Waals surface area contributed by atoms with Crippen LogP contribution in [0, 0.1) is 16.0 Å². The van der Waals surface area contributed by atoms with Gasteiger partial charge in [0, 0.05) is 19.8 Å². The van der Waals surface area contributed by atoms with Crippen LogP contribution in [0.15, 0.2) is 23.1 Å². The summed E-state index contributed by atoms with van der Waals surface area (Å²) in [6, 6.07) is 4.19. The predicted octanol–water partition coefficient (Wildman–Crippen LogP) is 1.21. The van der Waals surface area contributed by atoms with Gasteiger partial charge in [0.2, 0.25) is 0 Å². The third-order valence-electron chi connectivity index (χ3n) is 3.60. The number of nitro benzene ring substituents is 1. The molecule has 0 aromatic heterocycles. The largest absolute Gasteiger partial charge is 0.391 e. The van der Waals surface area contributed by atoms with Gasteiger partial charge in [-0.3, -0.25) is 10.1 Å². The lowest BCUT2D eigenvalue weighted by atomic mass is 10.2. The lowest BCUT2D eigenvalue weighted by Crippen LogP contribution is -2.31. The number of hydrogen-bond acceptors (Lipinski definition) is 6. The summed E-state index contributed by atoms with van der Waals surface area (Å²) >= 11 is 0. The number of benzene rings is 1. The molecule has 0 spiro atoms. The molecule has 0 amide bonds. The number of para-hydroxylation sites is 1. The van der Waals surface area contributed by atoms with Crippen molar-refractivity contribution in [3.05, 3.63) is 28.3 Å². The molecule has 7 nitrogen and oxygen atoms in total. The van der Waals surface area contributed by atoms with Gasteiger partial charge in [0.05, 0.1) is 11.0 Å². The van der Waals surface area contributed by atoms with E-state index in [2.05, 4.69) is 0 Å². The van der Waals surface area contributed by atoms with Crippen LogP contribution in [0.5, 0.6) is 0 Å². The number of hydrogen-bond donors (Lipinski definition) is 1. The fourth-order valence-electron chi connectivity index (χ4n) is 2.31. The zero-order valence-electron chi connectivity index (χ0n) is 11.9. The topological polar surface area (TPSA) is 101 Å². The first-order valence-corrected chi connectivity index (χ1v) is 8.47. The van der Waals surface area contributed by atoms with Crippen LogP contribution in [0.3, 0.4) is 0 Å². The molecule has 21 heavy (non-hydrogen) atoms. The number of anilines is 1. The fourth-order valence-corrected chi connectivity index (χ4v) is 3.17. The molecule has 116 valence electrons. The standard InChI is InChI=1S/C13H18N2O5S/c1-14(8-11(16)9-6-7-9)10-4-3-5-12(21(2,19)20)13(10)15(17)18/h3-5,9,11,16H,6-8H2,1-2H3. The number of rotatable bonds is 6. The van der Waals surface area contributed by atoms with E-state index in [1.807, 2.05) is 0 Å². The highest BCUT2D eigenvalue weighted by Gasteiger charge is 2.33. The number of nitro groups is 1. The van der Waals surface area contributed by atoms with E-state index in [-0.39, 0.29) is 23.0 Å². The van der Waals surface area contributed by atoms with Gasteiger partial charge in [0.25, 0.3) is 0 Å². The van der Waals surface area contributed by atoms with Gasteiger partial charge in [-0.25, -0.2) is 8.42 Å². The van der Waals surface area contributed by atoms with Gasteiger partial charge in [-0.1, -0.05) is 6.07 Å². The summed E-state index contributed by atoms with van der Waals surface area (Å²) in [7, 11) is -2.09. The summed E-state index contributed by atoms with van der Waals surface area (Å²) in [6.07, 6.45) is 2.30. The van der Waals surface area contributed by atoms with Crippen molar-refractivity contribution >= 4 is 21.2 Å². The molecular formula is C13H18N2O5S. The Balaban J connectivity index is 2.40. The lowest BCUT2D eigenvalue weighted by molar-refractivity contribution is -0.387. The number of likely N-dealkylation sites (N-methyl/N-ethyl adjacent to an activating group) is 1. The Morgan fingerprint density at radius 2 is 2.10 bits per heavy atom. The van der Waals surface area contributed by atoms with Crippen molar-refractivity contribution in [3.8, 4) is 0 Å². The first-order chi connectivity index (χ1) is 9.71. The SMILES string of the molecule is CN(CC(O)C1CC1)c1cccc(S(C)(=O)=O)c1[N+](=O)[O-]. The first-order valence-electron chi connectivity index (χ1n) is 6.58. The molecule has 0 heterocycles. The monoisotopic (exact) mass is 314 g/mol. The van der Waals surface area contributed by atoms with Gasteiger partial charge in [0.15, 0.2) is 9.84 Å². The van der Waals surface area contributed by atoms with Crippen LogP contribution in [0.25, 0.3) is 0 Å². The Bertz CT molecular complexity index is 655. The Morgan fingerprint density at radius 1 is 1.48 bits per heavy atom. The molecule has 8 heteroatoms. The fraction of sp³-hybridized carbons (Fsp3) is 0.538. The van der Waals surface area contributed by atoms with Crippen molar-refractivity contribution in [3.63, 3.8) is 0 Å². The molecule has 1 saturated carbocycles. The molecule has 0 bridgehead atoms. The summed E-state index contributed by atoms with van der Waals surface area (Å²) in [6.45, 7) is 0.235. The van der Waals surface area contributed by atoms with Crippen molar-refractivity contribution in [2.45, 2.75) is 23.8 Å². The van der Waals surface area contributed by atoms with E-state index in [0.717, 1.165) is 19.1 Å². The quantitative estimate of drug-likeness (QED) is 0.625. The zero-order valence-corrected chi connectivity index (χ0v) is 12.7. The normalized spacial score (nSPS) is 16.5. The van der Waals surface area contributed by atoms with E-state index >= 15 is 0 Å². The maximum Gasteiger partial charge on any atom is 0.311 e. The number of aliphatic hydroxyl groups is 1. The van der Waals surface area contributed by atoms with E-state index < -0.39 is 26.6 Å². The van der Waals surface area contributed by atoms with Gasteiger partial charge in [0.1, 0.15) is 10.6 Å². The van der Waals surface area contributed by atoms with Crippen LogP contribution >= 0.6 is 0 Å². The van der Waals surface area contributed by atoms with Gasteiger partial charge < -0.3 is 10.0 Å². The minimum absolute atomic E-state index is 0.197. The molecule has 1 unspecified atom stereocenters. The van der Waals surface area contributed by atoms with E-state index in [1.165, 1.54) is 23.1 Å². The highest BCUT2D eigenvalue weighted by molar-refractivity contribution is 7.90. The van der Waals surface area contributed by atoms with Gasteiger partial charge in [-0.15, -0.1) is 0 Å². The van der Waals surface area contributed by atoms with Crippen molar-refractivity contribution in [1.29, 1.82) is 0 Å². The van der Waals surface area contributed by atoms with Crippen molar-refractivity contribution < 1.29 is 18.4 Å². The van der Waals surface area contributed by atoms with Crippen molar-refractivity contribution in [2.24, 2.45) is 5.92 Å². The van der Waals surface area contributed by atoms with E-state index in [9.17, 15) is 23.6 Å². The van der Waals surface area contributed by atoms with Gasteiger partial charge in [-0.05, 0) is 30.9 Å². The summed E-state index contributed by atoms with van der Waals surface area (Å²) in [5, 5.41) is 21.2. The van der Waals surface area contributed by atoms with Crippen molar-refractivity contribution in [2.75, 3.05) is 24.7 Å². The maximum absolute atomic E-state index is 11.7.